The molecule has 4 heterocycles. The van der Waals surface area contributed by atoms with Gasteiger partial charge < -0.3 is 19.7 Å². The number of aromatic nitrogens is 4. The van der Waals surface area contributed by atoms with E-state index in [0.29, 0.717) is 30.2 Å². The fourth-order valence-corrected chi connectivity index (χ4v) is 4.42. The number of rotatable bonds is 5. The molecule has 1 saturated carbocycles. The average Bonchev–Trinajstić information content (AvgIpc) is 3.37. The van der Waals surface area contributed by atoms with Crippen molar-refractivity contribution in [2.45, 2.75) is 65.0 Å². The second-order valence-electron chi connectivity index (χ2n) is 8.37. The Bertz CT molecular complexity index is 1110. The van der Waals surface area contributed by atoms with Gasteiger partial charge in [0.15, 0.2) is 5.76 Å². The molecule has 0 aromatic carbocycles. The van der Waals surface area contributed by atoms with Gasteiger partial charge in [0, 0.05) is 29.8 Å². The minimum atomic E-state index is 0.00618. The highest BCUT2D eigenvalue weighted by molar-refractivity contribution is 6.09. The van der Waals surface area contributed by atoms with E-state index < -0.39 is 0 Å². The smallest absolute Gasteiger partial charge is 0.260 e. The maximum Gasteiger partial charge on any atom is 0.260 e. The Morgan fingerprint density at radius 3 is 2.76 bits per heavy atom. The normalized spacial score (nSPS) is 16.4. The number of hydrogen-bond donors (Lipinski definition) is 1. The lowest BCUT2D eigenvalue weighted by Gasteiger charge is -2.23. The van der Waals surface area contributed by atoms with Crippen molar-refractivity contribution in [1.29, 1.82) is 0 Å². The van der Waals surface area contributed by atoms with E-state index >= 15 is 0 Å². The Kier molecular flexibility index (Phi) is 4.11. The zero-order chi connectivity index (χ0) is 20.3. The number of fused-ring (bicyclic) bond motifs is 5. The standard InChI is InChI=1S/C21H26N6O2/c1-4-5-8-26-9-13-14(15-19(22)23-10-24-20(15)27(13)11(2)3)17-16(21(26)28)18(29-25-17)12-6-7-12/h10-12H,4-9H2,1-3H3,(H2,22,23,24). The molecule has 0 saturated heterocycles. The van der Waals surface area contributed by atoms with E-state index in [9.17, 15) is 4.79 Å². The van der Waals surface area contributed by atoms with E-state index in [0.717, 1.165) is 53.7 Å². The molecule has 0 bridgehead atoms. The van der Waals surface area contributed by atoms with Crippen molar-refractivity contribution in [3.05, 3.63) is 23.3 Å². The van der Waals surface area contributed by atoms with Gasteiger partial charge in [0.1, 0.15) is 29.0 Å². The number of unbranched alkanes of at least 4 members (excludes halogenated alkanes) is 1. The largest absolute Gasteiger partial charge is 0.383 e. The molecule has 3 aromatic rings. The van der Waals surface area contributed by atoms with Gasteiger partial charge >= 0.3 is 0 Å². The van der Waals surface area contributed by atoms with E-state index in [2.05, 4.69) is 40.5 Å². The molecule has 0 atom stereocenters. The van der Waals surface area contributed by atoms with Crippen LogP contribution in [0.15, 0.2) is 10.9 Å². The zero-order valence-corrected chi connectivity index (χ0v) is 17.1. The molecule has 1 amide bonds. The van der Waals surface area contributed by atoms with Gasteiger partial charge in [-0.1, -0.05) is 18.5 Å². The first-order chi connectivity index (χ1) is 14.0. The van der Waals surface area contributed by atoms with Crippen LogP contribution < -0.4 is 5.73 Å². The van der Waals surface area contributed by atoms with E-state index in [1.807, 2.05) is 4.90 Å². The summed E-state index contributed by atoms with van der Waals surface area (Å²) in [7, 11) is 0. The van der Waals surface area contributed by atoms with Crippen LogP contribution in [0.4, 0.5) is 5.82 Å². The number of carbonyl (C=O) groups is 1. The van der Waals surface area contributed by atoms with Crippen LogP contribution in [0.3, 0.4) is 0 Å². The van der Waals surface area contributed by atoms with Gasteiger partial charge in [0.25, 0.3) is 5.91 Å². The summed E-state index contributed by atoms with van der Waals surface area (Å²) < 4.78 is 7.91. The molecule has 2 N–H and O–H groups in total. The summed E-state index contributed by atoms with van der Waals surface area (Å²) in [4.78, 5) is 24.3. The van der Waals surface area contributed by atoms with Crippen molar-refractivity contribution in [3.63, 3.8) is 0 Å². The van der Waals surface area contributed by atoms with Crippen molar-refractivity contribution in [2.24, 2.45) is 0 Å². The first kappa shape index (κ1) is 18.1. The van der Waals surface area contributed by atoms with Crippen LogP contribution in [0.1, 0.15) is 80.2 Å². The van der Waals surface area contributed by atoms with Crippen LogP contribution in [0.25, 0.3) is 22.3 Å². The Morgan fingerprint density at radius 1 is 1.28 bits per heavy atom. The zero-order valence-electron chi connectivity index (χ0n) is 17.1. The van der Waals surface area contributed by atoms with Crippen molar-refractivity contribution >= 4 is 22.8 Å². The Morgan fingerprint density at radius 2 is 2.07 bits per heavy atom. The molecule has 5 rings (SSSR count). The first-order valence-electron chi connectivity index (χ1n) is 10.4. The highest BCUT2D eigenvalue weighted by Gasteiger charge is 2.41. The van der Waals surface area contributed by atoms with Gasteiger partial charge in [-0.2, -0.15) is 0 Å². The van der Waals surface area contributed by atoms with Gasteiger partial charge in [-0.05, 0) is 33.1 Å². The Labute approximate surface area is 169 Å². The molecule has 1 fully saturated rings. The highest BCUT2D eigenvalue weighted by atomic mass is 16.5. The Hall–Kier alpha value is -2.90. The second kappa shape index (κ2) is 6.57. The number of anilines is 1. The van der Waals surface area contributed by atoms with Gasteiger partial charge in [-0.3, -0.25) is 4.79 Å². The third-order valence-electron chi connectivity index (χ3n) is 5.96. The summed E-state index contributed by atoms with van der Waals surface area (Å²) in [5.41, 5.74) is 10.1. The van der Waals surface area contributed by atoms with Crippen molar-refractivity contribution < 1.29 is 9.32 Å². The monoisotopic (exact) mass is 394 g/mol. The third kappa shape index (κ3) is 2.65. The lowest BCUT2D eigenvalue weighted by Crippen LogP contribution is -2.32. The summed E-state index contributed by atoms with van der Waals surface area (Å²) in [5, 5.41) is 5.16. The molecular formula is C21H26N6O2. The lowest BCUT2D eigenvalue weighted by atomic mass is 10.0. The molecule has 29 heavy (non-hydrogen) atoms. The average molecular weight is 394 g/mol. The number of carbonyl (C=O) groups excluding carboxylic acids is 1. The first-order valence-corrected chi connectivity index (χ1v) is 10.4. The van der Waals surface area contributed by atoms with Crippen LogP contribution in [-0.4, -0.2) is 37.0 Å². The predicted octanol–water partition coefficient (Wildman–Crippen LogP) is 3.88. The quantitative estimate of drug-likeness (QED) is 0.704. The lowest BCUT2D eigenvalue weighted by molar-refractivity contribution is 0.0737. The molecule has 1 aliphatic carbocycles. The van der Waals surface area contributed by atoms with Gasteiger partial charge in [0.2, 0.25) is 0 Å². The van der Waals surface area contributed by atoms with E-state index in [4.69, 9.17) is 10.3 Å². The molecule has 3 aromatic heterocycles. The summed E-state index contributed by atoms with van der Waals surface area (Å²) in [5.74, 6) is 1.42. The number of nitrogens with zero attached hydrogens (tertiary/aromatic N) is 5. The molecular weight excluding hydrogens is 368 g/mol. The van der Waals surface area contributed by atoms with Gasteiger partial charge in [0.05, 0.1) is 11.9 Å². The van der Waals surface area contributed by atoms with E-state index in [1.54, 1.807) is 0 Å². The van der Waals surface area contributed by atoms with E-state index in [1.165, 1.54) is 6.33 Å². The SMILES string of the molecule is CCCCN1Cc2c(c3c(N)ncnc3n2C(C)C)-c2noc(C3CC3)c2C1=O. The van der Waals surface area contributed by atoms with Gasteiger partial charge in [-0.15, -0.1) is 0 Å². The number of nitrogens with two attached hydrogens (primary N) is 1. The highest BCUT2D eigenvalue weighted by Crippen LogP contribution is 2.48. The van der Waals surface area contributed by atoms with Crippen molar-refractivity contribution in [3.8, 4) is 11.3 Å². The Balaban J connectivity index is 1.84. The summed E-state index contributed by atoms with van der Waals surface area (Å²) in [6.07, 6.45) is 5.54. The molecule has 0 unspecified atom stereocenters. The van der Waals surface area contributed by atoms with Crippen molar-refractivity contribution in [1.82, 2.24) is 24.6 Å². The minimum Gasteiger partial charge on any atom is -0.383 e. The topological polar surface area (TPSA) is 103 Å². The molecule has 8 heteroatoms. The molecule has 1 aliphatic heterocycles. The number of amides is 1. The van der Waals surface area contributed by atoms with Crippen LogP contribution in [0.5, 0.6) is 0 Å². The third-order valence-corrected chi connectivity index (χ3v) is 5.96. The minimum absolute atomic E-state index is 0.00618. The second-order valence-corrected chi connectivity index (χ2v) is 8.37. The molecule has 8 nitrogen and oxygen atoms in total. The molecule has 0 radical (unpaired) electrons. The molecule has 0 spiro atoms. The van der Waals surface area contributed by atoms with Crippen LogP contribution in [-0.2, 0) is 6.54 Å². The van der Waals surface area contributed by atoms with Crippen molar-refractivity contribution in [2.75, 3.05) is 12.3 Å². The summed E-state index contributed by atoms with van der Waals surface area (Å²) in [6.45, 7) is 7.56. The van der Waals surface area contributed by atoms with Crippen LogP contribution in [0, 0.1) is 0 Å². The predicted molar refractivity (Wildman–Crippen MR) is 109 cm³/mol. The fourth-order valence-electron chi connectivity index (χ4n) is 4.42. The van der Waals surface area contributed by atoms with Gasteiger partial charge in [-0.25, -0.2) is 9.97 Å². The molecule has 152 valence electrons. The maximum atomic E-state index is 13.6. The molecule has 2 aliphatic rings. The number of hydrogen-bond acceptors (Lipinski definition) is 6. The number of nitrogen functional groups attached to an aromatic ring is 1. The van der Waals surface area contributed by atoms with E-state index in [-0.39, 0.29) is 17.9 Å². The van der Waals surface area contributed by atoms with Crippen LogP contribution in [0.2, 0.25) is 0 Å². The fraction of sp³-hybridized carbons (Fsp3) is 0.524. The summed E-state index contributed by atoms with van der Waals surface area (Å²) >= 11 is 0. The maximum absolute atomic E-state index is 13.6. The summed E-state index contributed by atoms with van der Waals surface area (Å²) in [6, 6.07) is 0.148. The van der Waals surface area contributed by atoms with Crippen LogP contribution >= 0.6 is 0 Å².